The van der Waals surface area contributed by atoms with Gasteiger partial charge in [-0.2, -0.15) is 5.10 Å². The molecule has 32 heavy (non-hydrogen) atoms. The maximum atomic E-state index is 12.9. The number of carbonyl (C=O) groups is 1. The molecule has 0 spiro atoms. The number of aromatic amines is 1. The fraction of sp³-hybridized carbons (Fsp3) is 0.391. The average molecular weight is 435 g/mol. The Labute approximate surface area is 184 Å². The van der Waals surface area contributed by atoms with Gasteiger partial charge in [-0.3, -0.25) is 4.57 Å². The summed E-state index contributed by atoms with van der Waals surface area (Å²) in [4.78, 5) is 34.9. The standard InChI is InChI=1S/C23H26N6O3/c1-23(2,3)32-22(31)27-11-6-7-15(14-27)29-20-18(26-21(29)30)10-9-17(25-20)16-13-24-28-12-5-4-8-19(16)28/h4-5,8-10,12-13,15H,6-7,11,14H2,1-3H3,(H,26,30). The molecule has 1 fully saturated rings. The molecule has 0 saturated carbocycles. The van der Waals surface area contributed by atoms with Crippen molar-refractivity contribution in [2.45, 2.75) is 45.3 Å². The zero-order valence-corrected chi connectivity index (χ0v) is 18.4. The Morgan fingerprint density at radius 1 is 1.22 bits per heavy atom. The van der Waals surface area contributed by atoms with Gasteiger partial charge in [-0.05, 0) is 57.9 Å². The molecule has 0 aliphatic carbocycles. The summed E-state index contributed by atoms with van der Waals surface area (Å²) in [6.45, 7) is 6.57. The number of likely N-dealkylation sites (tertiary alicyclic amines) is 1. The molecular weight excluding hydrogens is 408 g/mol. The number of piperidine rings is 1. The number of amides is 1. The van der Waals surface area contributed by atoms with E-state index in [1.165, 1.54) is 0 Å². The molecular formula is C23H26N6O3. The Balaban J connectivity index is 1.51. The summed E-state index contributed by atoms with van der Waals surface area (Å²) in [5.41, 5.74) is 3.05. The molecule has 0 aromatic carbocycles. The molecule has 1 aliphatic rings. The van der Waals surface area contributed by atoms with Crippen LogP contribution in [0, 0.1) is 0 Å². The van der Waals surface area contributed by atoms with E-state index in [-0.39, 0.29) is 17.8 Å². The molecule has 0 bridgehead atoms. The number of ether oxygens (including phenoxy) is 1. The second-order valence-electron chi connectivity index (χ2n) is 9.18. The average Bonchev–Trinajstić information content (AvgIpc) is 3.32. The number of carbonyl (C=O) groups excluding carboxylic acids is 1. The summed E-state index contributed by atoms with van der Waals surface area (Å²) in [5.74, 6) is 0. The maximum Gasteiger partial charge on any atom is 0.410 e. The highest BCUT2D eigenvalue weighted by Gasteiger charge is 2.30. The van der Waals surface area contributed by atoms with Crippen molar-refractivity contribution in [3.63, 3.8) is 0 Å². The molecule has 9 nitrogen and oxygen atoms in total. The minimum Gasteiger partial charge on any atom is -0.444 e. The molecule has 1 aliphatic heterocycles. The monoisotopic (exact) mass is 434 g/mol. The lowest BCUT2D eigenvalue weighted by Crippen LogP contribution is -2.44. The van der Waals surface area contributed by atoms with Gasteiger partial charge in [0.15, 0.2) is 5.65 Å². The second-order valence-corrected chi connectivity index (χ2v) is 9.18. The van der Waals surface area contributed by atoms with Gasteiger partial charge < -0.3 is 14.6 Å². The molecule has 1 unspecified atom stereocenters. The first-order chi connectivity index (χ1) is 15.3. The highest BCUT2D eigenvalue weighted by Crippen LogP contribution is 2.28. The largest absolute Gasteiger partial charge is 0.444 e. The van der Waals surface area contributed by atoms with Gasteiger partial charge >= 0.3 is 11.8 Å². The first-order valence-corrected chi connectivity index (χ1v) is 10.8. The fourth-order valence-corrected chi connectivity index (χ4v) is 4.28. The normalized spacial score (nSPS) is 17.2. The number of imidazole rings is 1. The highest BCUT2D eigenvalue weighted by molar-refractivity contribution is 5.82. The lowest BCUT2D eigenvalue weighted by Gasteiger charge is -2.34. The van der Waals surface area contributed by atoms with Gasteiger partial charge in [0.1, 0.15) is 5.60 Å². The van der Waals surface area contributed by atoms with E-state index >= 15 is 0 Å². The lowest BCUT2D eigenvalue weighted by molar-refractivity contribution is 0.0172. The van der Waals surface area contributed by atoms with Gasteiger partial charge in [0.05, 0.1) is 29.0 Å². The van der Waals surface area contributed by atoms with Gasteiger partial charge in [0, 0.05) is 24.8 Å². The molecule has 1 saturated heterocycles. The minimum absolute atomic E-state index is 0.177. The van der Waals surface area contributed by atoms with Gasteiger partial charge in [-0.25, -0.2) is 19.1 Å². The van der Waals surface area contributed by atoms with Gasteiger partial charge in [0.2, 0.25) is 0 Å². The number of aromatic nitrogens is 5. The number of H-pyrrole nitrogens is 1. The predicted octanol–water partition coefficient (Wildman–Crippen LogP) is 3.61. The van der Waals surface area contributed by atoms with Crippen LogP contribution in [-0.4, -0.2) is 53.8 Å². The lowest BCUT2D eigenvalue weighted by atomic mass is 10.1. The third-order valence-corrected chi connectivity index (χ3v) is 5.68. The van der Waals surface area contributed by atoms with Gasteiger partial charge in [-0.1, -0.05) is 6.07 Å². The van der Waals surface area contributed by atoms with Crippen LogP contribution >= 0.6 is 0 Å². The van der Waals surface area contributed by atoms with Gasteiger partial charge in [-0.15, -0.1) is 0 Å². The van der Waals surface area contributed by atoms with E-state index in [1.807, 2.05) is 57.3 Å². The summed E-state index contributed by atoms with van der Waals surface area (Å²) in [6, 6.07) is 9.45. The van der Waals surface area contributed by atoms with Crippen LogP contribution in [-0.2, 0) is 4.74 Å². The molecule has 5 heterocycles. The van der Waals surface area contributed by atoms with Crippen LogP contribution < -0.4 is 5.69 Å². The molecule has 1 N–H and O–H groups in total. The van der Waals surface area contributed by atoms with Crippen LogP contribution in [0.15, 0.2) is 47.5 Å². The van der Waals surface area contributed by atoms with Crippen LogP contribution in [0.1, 0.15) is 39.7 Å². The van der Waals surface area contributed by atoms with E-state index in [1.54, 1.807) is 20.2 Å². The van der Waals surface area contributed by atoms with Crippen molar-refractivity contribution in [2.75, 3.05) is 13.1 Å². The number of rotatable bonds is 2. The Morgan fingerprint density at radius 2 is 2.06 bits per heavy atom. The van der Waals surface area contributed by atoms with Crippen LogP contribution in [0.5, 0.6) is 0 Å². The van der Waals surface area contributed by atoms with Crippen molar-refractivity contribution in [3.05, 3.63) is 53.2 Å². The van der Waals surface area contributed by atoms with E-state index in [2.05, 4.69) is 10.1 Å². The number of fused-ring (bicyclic) bond motifs is 2. The van der Waals surface area contributed by atoms with Crippen LogP contribution in [0.3, 0.4) is 0 Å². The van der Waals surface area contributed by atoms with Crippen molar-refractivity contribution < 1.29 is 9.53 Å². The molecule has 1 atom stereocenters. The summed E-state index contributed by atoms with van der Waals surface area (Å²) < 4.78 is 9.01. The predicted molar refractivity (Wildman–Crippen MR) is 121 cm³/mol. The quantitative estimate of drug-likeness (QED) is 0.520. The topological polar surface area (TPSA) is 97.5 Å². The Hall–Kier alpha value is -3.62. The molecule has 166 valence electrons. The van der Waals surface area contributed by atoms with Crippen molar-refractivity contribution >= 4 is 22.8 Å². The molecule has 4 aromatic rings. The van der Waals surface area contributed by atoms with E-state index in [4.69, 9.17) is 9.72 Å². The summed E-state index contributed by atoms with van der Waals surface area (Å²) >= 11 is 0. The summed E-state index contributed by atoms with van der Waals surface area (Å²) in [7, 11) is 0. The number of nitrogens with one attached hydrogen (secondary N) is 1. The maximum absolute atomic E-state index is 12.9. The molecule has 1 amide bonds. The van der Waals surface area contributed by atoms with E-state index in [9.17, 15) is 9.59 Å². The first kappa shape index (κ1) is 20.3. The van der Waals surface area contributed by atoms with E-state index < -0.39 is 5.60 Å². The zero-order chi connectivity index (χ0) is 22.5. The van der Waals surface area contributed by atoms with Gasteiger partial charge in [0.25, 0.3) is 0 Å². The van der Waals surface area contributed by atoms with E-state index in [0.29, 0.717) is 24.3 Å². The fourth-order valence-electron chi connectivity index (χ4n) is 4.28. The summed E-state index contributed by atoms with van der Waals surface area (Å²) in [5, 5.41) is 4.39. The Kier molecular flexibility index (Phi) is 4.76. The molecule has 4 aromatic heterocycles. The van der Waals surface area contributed by atoms with Crippen molar-refractivity contribution in [2.24, 2.45) is 0 Å². The molecule has 9 heteroatoms. The van der Waals surface area contributed by atoms with Crippen molar-refractivity contribution in [1.82, 2.24) is 29.0 Å². The Morgan fingerprint density at radius 3 is 2.88 bits per heavy atom. The number of hydrogen-bond donors (Lipinski definition) is 1. The molecule has 0 radical (unpaired) electrons. The smallest absolute Gasteiger partial charge is 0.410 e. The zero-order valence-electron chi connectivity index (χ0n) is 18.4. The van der Waals surface area contributed by atoms with Crippen LogP contribution in [0.25, 0.3) is 27.9 Å². The van der Waals surface area contributed by atoms with Crippen LogP contribution in [0.4, 0.5) is 4.79 Å². The highest BCUT2D eigenvalue weighted by atomic mass is 16.6. The molecule has 5 rings (SSSR count). The SMILES string of the molecule is CC(C)(C)OC(=O)N1CCCC(n2c(=O)[nH]c3ccc(-c4cnn5ccccc45)nc32)C1. The second kappa shape index (κ2) is 7.51. The number of nitrogens with zero attached hydrogens (tertiary/aromatic N) is 5. The minimum atomic E-state index is -0.563. The number of hydrogen-bond acceptors (Lipinski definition) is 5. The Bertz CT molecular complexity index is 1360. The number of pyridine rings is 2. The summed E-state index contributed by atoms with van der Waals surface area (Å²) in [6.07, 6.45) is 4.89. The van der Waals surface area contributed by atoms with Crippen molar-refractivity contribution in [3.8, 4) is 11.3 Å². The van der Waals surface area contributed by atoms with E-state index in [0.717, 1.165) is 29.6 Å². The third-order valence-electron chi connectivity index (χ3n) is 5.68. The van der Waals surface area contributed by atoms with Crippen LogP contribution in [0.2, 0.25) is 0 Å². The third kappa shape index (κ3) is 3.63. The first-order valence-electron chi connectivity index (χ1n) is 10.8. The van der Waals surface area contributed by atoms with Crippen molar-refractivity contribution in [1.29, 1.82) is 0 Å².